The Morgan fingerprint density at radius 1 is 1.13 bits per heavy atom. The predicted molar refractivity (Wildman–Crippen MR) is 87.8 cm³/mol. The molecule has 0 atom stereocenters. The molecule has 0 unspecified atom stereocenters. The van der Waals surface area contributed by atoms with Crippen LogP contribution >= 0.6 is 0 Å². The first kappa shape index (κ1) is 16.8. The number of nitrogens with zero attached hydrogens (tertiary/aromatic N) is 1. The molecule has 2 amide bonds. The number of para-hydroxylation sites is 1. The Labute approximate surface area is 135 Å². The third-order valence-corrected chi connectivity index (χ3v) is 3.30. The molecule has 0 fully saturated rings. The summed E-state index contributed by atoms with van der Waals surface area (Å²) in [6.45, 7) is 1.38. The standard InChI is InChI=1S/C18H21FN2O2/c1-21(14-15-8-3-2-4-9-15)18(22)20-12-7-13-23-17-11-6-5-10-16(17)19/h2-6,8-11H,7,12-14H2,1H3,(H,20,22). The second-order valence-electron chi connectivity index (χ2n) is 5.21. The molecule has 0 aliphatic carbocycles. The molecule has 0 aliphatic rings. The van der Waals surface area contributed by atoms with Crippen LogP contribution in [0.5, 0.6) is 5.75 Å². The summed E-state index contributed by atoms with van der Waals surface area (Å²) in [4.78, 5) is 13.6. The van der Waals surface area contributed by atoms with E-state index in [1.807, 2.05) is 30.3 Å². The van der Waals surface area contributed by atoms with Crippen molar-refractivity contribution in [1.29, 1.82) is 0 Å². The lowest BCUT2D eigenvalue weighted by Gasteiger charge is -2.18. The Morgan fingerprint density at radius 2 is 1.83 bits per heavy atom. The molecule has 23 heavy (non-hydrogen) atoms. The first-order chi connectivity index (χ1) is 11.2. The van der Waals surface area contributed by atoms with E-state index in [0.717, 1.165) is 5.56 Å². The summed E-state index contributed by atoms with van der Waals surface area (Å²) in [5.41, 5.74) is 1.08. The maximum Gasteiger partial charge on any atom is 0.317 e. The first-order valence-electron chi connectivity index (χ1n) is 7.57. The Bertz CT molecular complexity index is 619. The fourth-order valence-electron chi connectivity index (χ4n) is 2.08. The molecule has 0 saturated heterocycles. The smallest absolute Gasteiger partial charge is 0.317 e. The summed E-state index contributed by atoms with van der Waals surface area (Å²) in [5.74, 6) is -0.140. The highest BCUT2D eigenvalue weighted by Gasteiger charge is 2.08. The average Bonchev–Trinajstić information content (AvgIpc) is 2.57. The van der Waals surface area contributed by atoms with Gasteiger partial charge in [-0.25, -0.2) is 9.18 Å². The second-order valence-corrected chi connectivity index (χ2v) is 5.21. The minimum atomic E-state index is -0.376. The zero-order valence-electron chi connectivity index (χ0n) is 13.2. The van der Waals surface area contributed by atoms with E-state index in [9.17, 15) is 9.18 Å². The lowest BCUT2D eigenvalue weighted by atomic mass is 10.2. The molecule has 2 aromatic rings. The molecule has 0 saturated carbocycles. The monoisotopic (exact) mass is 316 g/mol. The Hall–Kier alpha value is -2.56. The van der Waals surface area contributed by atoms with E-state index in [1.165, 1.54) is 6.07 Å². The van der Waals surface area contributed by atoms with Gasteiger partial charge in [0.15, 0.2) is 11.6 Å². The SMILES string of the molecule is CN(Cc1ccccc1)C(=O)NCCCOc1ccccc1F. The number of amides is 2. The van der Waals surface area contributed by atoms with Crippen LogP contribution in [0.2, 0.25) is 0 Å². The first-order valence-corrected chi connectivity index (χ1v) is 7.57. The van der Waals surface area contributed by atoms with Crippen molar-refractivity contribution in [1.82, 2.24) is 10.2 Å². The Morgan fingerprint density at radius 3 is 2.57 bits per heavy atom. The third kappa shape index (κ3) is 5.62. The summed E-state index contributed by atoms with van der Waals surface area (Å²) in [7, 11) is 1.75. The number of nitrogens with one attached hydrogen (secondary N) is 1. The van der Waals surface area contributed by atoms with Crippen molar-refractivity contribution in [3.63, 3.8) is 0 Å². The van der Waals surface area contributed by atoms with E-state index in [0.29, 0.717) is 26.1 Å². The number of carbonyl (C=O) groups excluding carboxylic acids is 1. The highest BCUT2D eigenvalue weighted by molar-refractivity contribution is 5.73. The van der Waals surface area contributed by atoms with Gasteiger partial charge in [-0.15, -0.1) is 0 Å². The number of benzene rings is 2. The largest absolute Gasteiger partial charge is 0.490 e. The van der Waals surface area contributed by atoms with Crippen molar-refractivity contribution in [2.45, 2.75) is 13.0 Å². The number of carbonyl (C=O) groups is 1. The van der Waals surface area contributed by atoms with Gasteiger partial charge in [-0.1, -0.05) is 42.5 Å². The number of hydrogen-bond acceptors (Lipinski definition) is 2. The van der Waals surface area contributed by atoms with Crippen molar-refractivity contribution in [2.75, 3.05) is 20.2 Å². The zero-order valence-corrected chi connectivity index (χ0v) is 13.2. The molecule has 0 heterocycles. The fourth-order valence-corrected chi connectivity index (χ4v) is 2.08. The summed E-state index contributed by atoms with van der Waals surface area (Å²) in [5, 5.41) is 2.82. The number of hydrogen-bond donors (Lipinski definition) is 1. The molecule has 1 N–H and O–H groups in total. The maximum atomic E-state index is 13.3. The lowest BCUT2D eigenvalue weighted by molar-refractivity contribution is 0.205. The Balaban J connectivity index is 1.64. The summed E-state index contributed by atoms with van der Waals surface area (Å²) in [6, 6.07) is 15.9. The van der Waals surface area contributed by atoms with Gasteiger partial charge in [-0.2, -0.15) is 0 Å². The maximum absolute atomic E-state index is 13.3. The topological polar surface area (TPSA) is 41.6 Å². The van der Waals surface area contributed by atoms with E-state index < -0.39 is 0 Å². The van der Waals surface area contributed by atoms with Crippen LogP contribution in [0.1, 0.15) is 12.0 Å². The lowest BCUT2D eigenvalue weighted by Crippen LogP contribution is -2.37. The van der Waals surface area contributed by atoms with Crippen LogP contribution in [0.3, 0.4) is 0 Å². The van der Waals surface area contributed by atoms with Gasteiger partial charge in [0.25, 0.3) is 0 Å². The van der Waals surface area contributed by atoms with Crippen molar-refractivity contribution in [3.8, 4) is 5.75 Å². The summed E-state index contributed by atoms with van der Waals surface area (Å²) in [6.07, 6.45) is 0.610. The van der Waals surface area contributed by atoms with E-state index >= 15 is 0 Å². The van der Waals surface area contributed by atoms with Crippen LogP contribution < -0.4 is 10.1 Å². The molecule has 0 aliphatic heterocycles. The molecule has 0 spiro atoms. The van der Waals surface area contributed by atoms with Gasteiger partial charge in [-0.3, -0.25) is 0 Å². The minimum absolute atomic E-state index is 0.139. The molecule has 5 heteroatoms. The van der Waals surface area contributed by atoms with Gasteiger partial charge in [-0.05, 0) is 24.1 Å². The Kier molecular flexibility index (Phi) is 6.41. The number of ether oxygens (including phenoxy) is 1. The summed E-state index contributed by atoms with van der Waals surface area (Å²) < 4.78 is 18.7. The van der Waals surface area contributed by atoms with Crippen molar-refractivity contribution < 1.29 is 13.9 Å². The van der Waals surface area contributed by atoms with Gasteiger partial charge >= 0.3 is 6.03 Å². The predicted octanol–water partition coefficient (Wildman–Crippen LogP) is 3.44. The molecular formula is C18H21FN2O2. The van der Waals surface area contributed by atoms with E-state index in [4.69, 9.17) is 4.74 Å². The van der Waals surface area contributed by atoms with Crippen molar-refractivity contribution >= 4 is 6.03 Å². The van der Waals surface area contributed by atoms with Crippen LogP contribution in [0.15, 0.2) is 54.6 Å². The van der Waals surface area contributed by atoms with Gasteiger partial charge < -0.3 is 15.0 Å². The number of rotatable bonds is 7. The minimum Gasteiger partial charge on any atom is -0.490 e. The van der Waals surface area contributed by atoms with Gasteiger partial charge in [0.1, 0.15) is 0 Å². The normalized spacial score (nSPS) is 10.2. The zero-order chi connectivity index (χ0) is 16.5. The summed E-state index contributed by atoms with van der Waals surface area (Å²) >= 11 is 0. The van der Waals surface area contributed by atoms with Crippen molar-refractivity contribution in [2.24, 2.45) is 0 Å². The fraction of sp³-hybridized carbons (Fsp3) is 0.278. The molecular weight excluding hydrogens is 295 g/mol. The molecule has 2 aromatic carbocycles. The second kappa shape index (κ2) is 8.78. The van der Waals surface area contributed by atoms with E-state index in [-0.39, 0.29) is 17.6 Å². The van der Waals surface area contributed by atoms with Crippen molar-refractivity contribution in [3.05, 3.63) is 66.0 Å². The van der Waals surface area contributed by atoms with Crippen LogP contribution in [0.4, 0.5) is 9.18 Å². The van der Waals surface area contributed by atoms with Gasteiger partial charge in [0.05, 0.1) is 6.61 Å². The van der Waals surface area contributed by atoms with Crippen LogP contribution in [-0.2, 0) is 6.54 Å². The number of urea groups is 1. The van der Waals surface area contributed by atoms with Crippen LogP contribution in [0, 0.1) is 5.82 Å². The molecule has 4 nitrogen and oxygen atoms in total. The molecule has 0 bridgehead atoms. The highest BCUT2D eigenvalue weighted by Crippen LogP contribution is 2.15. The quantitative estimate of drug-likeness (QED) is 0.795. The molecule has 122 valence electrons. The van der Waals surface area contributed by atoms with Gasteiger partial charge in [0, 0.05) is 20.1 Å². The highest BCUT2D eigenvalue weighted by atomic mass is 19.1. The molecule has 2 rings (SSSR count). The van der Waals surface area contributed by atoms with Gasteiger partial charge in [0.2, 0.25) is 0 Å². The van der Waals surface area contributed by atoms with E-state index in [1.54, 1.807) is 30.1 Å². The number of halogens is 1. The van der Waals surface area contributed by atoms with Crippen LogP contribution in [0.25, 0.3) is 0 Å². The van der Waals surface area contributed by atoms with Crippen LogP contribution in [-0.4, -0.2) is 31.1 Å². The third-order valence-electron chi connectivity index (χ3n) is 3.30. The molecule has 0 radical (unpaired) electrons. The average molecular weight is 316 g/mol. The van der Waals surface area contributed by atoms with E-state index in [2.05, 4.69) is 5.32 Å². The molecule has 0 aromatic heterocycles.